The number of benzene rings is 2. The molecule has 22 heavy (non-hydrogen) atoms. The summed E-state index contributed by atoms with van der Waals surface area (Å²) >= 11 is 5.98. The molecule has 0 aliphatic rings. The van der Waals surface area contributed by atoms with Crippen LogP contribution in [0.2, 0.25) is 5.02 Å². The maximum absolute atomic E-state index is 12.2. The SMILES string of the molecule is COC(=O)C(=Cc1ccccc1)NC(=O)c1ccccc1Cl. The molecule has 0 saturated heterocycles. The van der Waals surface area contributed by atoms with E-state index in [0.717, 1.165) is 5.56 Å². The predicted molar refractivity (Wildman–Crippen MR) is 85.4 cm³/mol. The summed E-state index contributed by atoms with van der Waals surface area (Å²) < 4.78 is 4.70. The number of ether oxygens (including phenoxy) is 1. The average Bonchev–Trinajstić information content (AvgIpc) is 2.54. The summed E-state index contributed by atoms with van der Waals surface area (Å²) in [6.45, 7) is 0. The number of carbonyl (C=O) groups excluding carboxylic acids is 2. The lowest BCUT2D eigenvalue weighted by atomic mass is 10.1. The molecule has 2 aromatic rings. The van der Waals surface area contributed by atoms with Crippen LogP contribution >= 0.6 is 11.6 Å². The van der Waals surface area contributed by atoms with E-state index in [1.165, 1.54) is 7.11 Å². The maximum atomic E-state index is 12.2. The van der Waals surface area contributed by atoms with Gasteiger partial charge in [-0.25, -0.2) is 4.79 Å². The van der Waals surface area contributed by atoms with E-state index in [1.54, 1.807) is 30.3 Å². The van der Waals surface area contributed by atoms with E-state index < -0.39 is 11.9 Å². The molecular weight excluding hydrogens is 302 g/mol. The summed E-state index contributed by atoms with van der Waals surface area (Å²) in [5, 5.41) is 2.85. The Balaban J connectivity index is 2.28. The smallest absolute Gasteiger partial charge is 0.354 e. The molecule has 1 amide bonds. The Kier molecular flexibility index (Phi) is 5.33. The Bertz CT molecular complexity index is 711. The van der Waals surface area contributed by atoms with Crippen molar-refractivity contribution in [2.45, 2.75) is 0 Å². The third-order valence-electron chi connectivity index (χ3n) is 2.88. The van der Waals surface area contributed by atoms with Crippen LogP contribution < -0.4 is 5.32 Å². The minimum Gasteiger partial charge on any atom is -0.464 e. The molecule has 0 unspecified atom stereocenters. The Morgan fingerprint density at radius 1 is 1.05 bits per heavy atom. The largest absolute Gasteiger partial charge is 0.464 e. The molecule has 2 rings (SSSR count). The van der Waals surface area contributed by atoms with Gasteiger partial charge < -0.3 is 10.1 Å². The summed E-state index contributed by atoms with van der Waals surface area (Å²) in [5.41, 5.74) is 1.09. The molecule has 0 fully saturated rings. The van der Waals surface area contributed by atoms with Crippen molar-refractivity contribution in [3.8, 4) is 0 Å². The highest BCUT2D eigenvalue weighted by atomic mass is 35.5. The molecule has 0 heterocycles. The number of halogens is 1. The van der Waals surface area contributed by atoms with Crippen molar-refractivity contribution in [2.24, 2.45) is 0 Å². The second-order valence-corrected chi connectivity index (χ2v) is 4.80. The molecule has 0 aliphatic heterocycles. The zero-order valence-corrected chi connectivity index (χ0v) is 12.6. The van der Waals surface area contributed by atoms with E-state index >= 15 is 0 Å². The first-order valence-electron chi connectivity index (χ1n) is 6.52. The monoisotopic (exact) mass is 315 g/mol. The van der Waals surface area contributed by atoms with E-state index in [4.69, 9.17) is 16.3 Å². The van der Waals surface area contributed by atoms with Crippen molar-refractivity contribution >= 4 is 29.6 Å². The lowest BCUT2D eigenvalue weighted by Crippen LogP contribution is -2.28. The second-order valence-electron chi connectivity index (χ2n) is 4.39. The number of hydrogen-bond donors (Lipinski definition) is 1. The van der Waals surface area contributed by atoms with E-state index in [2.05, 4.69) is 5.32 Å². The number of esters is 1. The van der Waals surface area contributed by atoms with Gasteiger partial charge in [-0.1, -0.05) is 54.1 Å². The molecule has 4 nitrogen and oxygen atoms in total. The zero-order chi connectivity index (χ0) is 15.9. The van der Waals surface area contributed by atoms with Gasteiger partial charge in [-0.2, -0.15) is 0 Å². The fourth-order valence-corrected chi connectivity index (χ4v) is 2.03. The Labute approximate surface area is 133 Å². The Morgan fingerprint density at radius 3 is 2.32 bits per heavy atom. The third kappa shape index (κ3) is 3.96. The summed E-state index contributed by atoms with van der Waals surface area (Å²) in [5.74, 6) is -1.11. The van der Waals surface area contributed by atoms with Gasteiger partial charge in [0.1, 0.15) is 5.70 Å². The fourth-order valence-electron chi connectivity index (χ4n) is 1.81. The second kappa shape index (κ2) is 7.43. The van der Waals surface area contributed by atoms with Crippen LogP contribution in [0.5, 0.6) is 0 Å². The predicted octanol–water partition coefficient (Wildman–Crippen LogP) is 3.28. The molecule has 0 atom stereocenters. The minimum atomic E-state index is -0.635. The molecule has 0 saturated carbocycles. The quantitative estimate of drug-likeness (QED) is 0.696. The van der Waals surface area contributed by atoms with Gasteiger partial charge in [-0.15, -0.1) is 0 Å². The van der Waals surface area contributed by atoms with Crippen LogP contribution in [0.15, 0.2) is 60.3 Å². The van der Waals surface area contributed by atoms with Gasteiger partial charge in [-0.3, -0.25) is 4.79 Å². The highest BCUT2D eigenvalue weighted by Crippen LogP contribution is 2.15. The van der Waals surface area contributed by atoms with Crippen LogP contribution in [0, 0.1) is 0 Å². The van der Waals surface area contributed by atoms with Gasteiger partial charge in [0, 0.05) is 0 Å². The van der Waals surface area contributed by atoms with Gasteiger partial charge >= 0.3 is 5.97 Å². The van der Waals surface area contributed by atoms with Gasteiger partial charge in [0.05, 0.1) is 17.7 Å². The van der Waals surface area contributed by atoms with Crippen molar-refractivity contribution in [1.82, 2.24) is 5.32 Å². The van der Waals surface area contributed by atoms with Crippen LogP contribution in [0.4, 0.5) is 0 Å². The van der Waals surface area contributed by atoms with E-state index in [-0.39, 0.29) is 11.3 Å². The molecule has 0 bridgehead atoms. The van der Waals surface area contributed by atoms with Gasteiger partial charge in [-0.05, 0) is 23.8 Å². The van der Waals surface area contributed by atoms with E-state index in [9.17, 15) is 9.59 Å². The Hall–Kier alpha value is -2.59. The van der Waals surface area contributed by atoms with Crippen LogP contribution in [-0.2, 0) is 9.53 Å². The summed E-state index contributed by atoms with van der Waals surface area (Å²) in [4.78, 5) is 24.1. The normalized spacial score (nSPS) is 10.9. The molecule has 0 spiro atoms. The maximum Gasteiger partial charge on any atom is 0.354 e. The van der Waals surface area contributed by atoms with Gasteiger partial charge in [0.25, 0.3) is 5.91 Å². The molecule has 2 aromatic carbocycles. The zero-order valence-electron chi connectivity index (χ0n) is 11.9. The van der Waals surface area contributed by atoms with Gasteiger partial charge in [0.2, 0.25) is 0 Å². The van der Waals surface area contributed by atoms with Crippen LogP contribution in [-0.4, -0.2) is 19.0 Å². The third-order valence-corrected chi connectivity index (χ3v) is 3.21. The number of rotatable bonds is 4. The topological polar surface area (TPSA) is 55.4 Å². The first kappa shape index (κ1) is 15.8. The van der Waals surface area contributed by atoms with Crippen molar-refractivity contribution in [1.29, 1.82) is 0 Å². The minimum absolute atomic E-state index is 0.0404. The molecule has 0 aromatic heterocycles. The lowest BCUT2D eigenvalue weighted by Gasteiger charge is -2.09. The summed E-state index contributed by atoms with van der Waals surface area (Å²) in [7, 11) is 1.25. The number of carbonyl (C=O) groups is 2. The summed E-state index contributed by atoms with van der Waals surface area (Å²) in [6, 6.07) is 15.7. The molecular formula is C17H14ClNO3. The number of methoxy groups -OCH3 is 1. The molecule has 1 N–H and O–H groups in total. The van der Waals surface area contributed by atoms with Crippen molar-refractivity contribution in [3.63, 3.8) is 0 Å². The van der Waals surface area contributed by atoms with Crippen LogP contribution in [0.3, 0.4) is 0 Å². The number of nitrogens with one attached hydrogen (secondary N) is 1. The van der Waals surface area contributed by atoms with E-state index in [1.807, 2.05) is 30.3 Å². The Morgan fingerprint density at radius 2 is 1.68 bits per heavy atom. The first-order chi connectivity index (χ1) is 10.6. The lowest BCUT2D eigenvalue weighted by molar-refractivity contribution is -0.136. The van der Waals surface area contributed by atoms with Crippen molar-refractivity contribution in [3.05, 3.63) is 76.4 Å². The number of hydrogen-bond acceptors (Lipinski definition) is 3. The standard InChI is InChI=1S/C17H14ClNO3/c1-22-17(21)15(11-12-7-3-2-4-8-12)19-16(20)13-9-5-6-10-14(13)18/h2-11H,1H3,(H,19,20). The molecule has 112 valence electrons. The van der Waals surface area contributed by atoms with Crippen LogP contribution in [0.25, 0.3) is 6.08 Å². The summed E-state index contributed by atoms with van der Waals surface area (Å²) in [6.07, 6.45) is 1.54. The van der Waals surface area contributed by atoms with E-state index in [0.29, 0.717) is 5.02 Å². The van der Waals surface area contributed by atoms with Crippen molar-refractivity contribution in [2.75, 3.05) is 7.11 Å². The fraction of sp³-hybridized carbons (Fsp3) is 0.0588. The highest BCUT2D eigenvalue weighted by Gasteiger charge is 2.16. The number of amides is 1. The molecule has 0 aliphatic carbocycles. The molecule has 5 heteroatoms. The van der Waals surface area contributed by atoms with Gasteiger partial charge in [0.15, 0.2) is 0 Å². The molecule has 0 radical (unpaired) electrons. The highest BCUT2D eigenvalue weighted by molar-refractivity contribution is 6.34. The first-order valence-corrected chi connectivity index (χ1v) is 6.90. The average molecular weight is 316 g/mol. The van der Waals surface area contributed by atoms with Crippen molar-refractivity contribution < 1.29 is 14.3 Å². The van der Waals surface area contributed by atoms with Crippen LogP contribution in [0.1, 0.15) is 15.9 Å².